The summed E-state index contributed by atoms with van der Waals surface area (Å²) in [5.41, 5.74) is 1.69. The Balaban J connectivity index is 1.73. The van der Waals surface area contributed by atoms with Gasteiger partial charge < -0.3 is 14.3 Å². The molecule has 2 aromatic heterocycles. The minimum Gasteiger partial charge on any atom is -0.424 e. The maximum Gasteiger partial charge on any atom is 0.226 e. The van der Waals surface area contributed by atoms with E-state index in [1.165, 1.54) is 18.7 Å². The third-order valence-electron chi connectivity index (χ3n) is 3.79. The average Bonchev–Trinajstić information content (AvgIpc) is 3.27. The second kappa shape index (κ2) is 8.81. The van der Waals surface area contributed by atoms with Crippen LogP contribution in [-0.2, 0) is 23.5 Å². The smallest absolute Gasteiger partial charge is 0.226 e. The van der Waals surface area contributed by atoms with Gasteiger partial charge in [-0.2, -0.15) is 0 Å². The number of carbonyl (C=O) groups is 1. The van der Waals surface area contributed by atoms with E-state index in [0.29, 0.717) is 17.5 Å². The van der Waals surface area contributed by atoms with E-state index in [-0.39, 0.29) is 5.91 Å². The first-order valence-electron chi connectivity index (χ1n) is 8.86. The van der Waals surface area contributed by atoms with Crippen molar-refractivity contribution in [1.29, 1.82) is 0 Å². The zero-order chi connectivity index (χ0) is 19.2. The number of carbonyl (C=O) groups excluding carboxylic acids is 1. The predicted molar refractivity (Wildman–Crippen MR) is 103 cm³/mol. The highest BCUT2D eigenvalue weighted by atomic mass is 32.2. The molecule has 8 nitrogen and oxygen atoms in total. The number of rotatable bonds is 8. The van der Waals surface area contributed by atoms with Gasteiger partial charge in [0.15, 0.2) is 11.0 Å². The van der Waals surface area contributed by atoms with Gasteiger partial charge in [-0.1, -0.05) is 18.7 Å². The molecule has 0 spiro atoms. The summed E-state index contributed by atoms with van der Waals surface area (Å²) in [7, 11) is 0. The second-order valence-electron chi connectivity index (χ2n) is 5.94. The Morgan fingerprint density at radius 3 is 2.52 bits per heavy atom. The van der Waals surface area contributed by atoms with E-state index in [9.17, 15) is 4.79 Å². The van der Waals surface area contributed by atoms with Crippen LogP contribution in [0.3, 0.4) is 0 Å². The molecule has 0 atom stereocenters. The number of anilines is 1. The lowest BCUT2D eigenvalue weighted by Crippen LogP contribution is -2.05. The molecule has 1 amide bonds. The molecule has 3 aromatic rings. The third-order valence-corrected chi connectivity index (χ3v) is 4.75. The van der Waals surface area contributed by atoms with Crippen LogP contribution in [0.15, 0.2) is 33.8 Å². The molecule has 1 aromatic carbocycles. The van der Waals surface area contributed by atoms with Gasteiger partial charge in [0.1, 0.15) is 0 Å². The number of aryl methyl sites for hydroxylation is 1. The Hall–Kier alpha value is -2.68. The van der Waals surface area contributed by atoms with Crippen LogP contribution < -0.4 is 5.32 Å². The number of thioether (sulfide) groups is 1. The monoisotopic (exact) mass is 386 g/mol. The van der Waals surface area contributed by atoms with Gasteiger partial charge in [0, 0.05) is 31.1 Å². The molecule has 0 aliphatic heterocycles. The highest BCUT2D eigenvalue weighted by Crippen LogP contribution is 2.27. The van der Waals surface area contributed by atoms with Gasteiger partial charge in [-0.05, 0) is 37.6 Å². The van der Waals surface area contributed by atoms with E-state index in [1.807, 2.05) is 28.8 Å². The molecular formula is C18H22N6O2S. The molecule has 0 bridgehead atoms. The van der Waals surface area contributed by atoms with Gasteiger partial charge in [-0.3, -0.25) is 4.79 Å². The Bertz CT molecular complexity index is 903. The number of amides is 1. The Labute approximate surface area is 161 Å². The van der Waals surface area contributed by atoms with Crippen molar-refractivity contribution >= 4 is 23.4 Å². The van der Waals surface area contributed by atoms with Crippen molar-refractivity contribution in [3.05, 3.63) is 36.0 Å². The van der Waals surface area contributed by atoms with E-state index >= 15 is 0 Å². The third kappa shape index (κ3) is 4.73. The molecule has 2 heterocycles. The fourth-order valence-corrected chi connectivity index (χ4v) is 3.43. The largest absolute Gasteiger partial charge is 0.424 e. The minimum absolute atomic E-state index is 0.0960. The molecule has 0 saturated heterocycles. The van der Waals surface area contributed by atoms with Gasteiger partial charge in [0.25, 0.3) is 0 Å². The lowest BCUT2D eigenvalue weighted by atomic mass is 10.2. The molecule has 0 radical (unpaired) electrons. The van der Waals surface area contributed by atoms with Crippen LogP contribution in [0.4, 0.5) is 5.69 Å². The summed E-state index contributed by atoms with van der Waals surface area (Å²) in [6, 6.07) is 7.55. The van der Waals surface area contributed by atoms with E-state index in [4.69, 9.17) is 4.42 Å². The van der Waals surface area contributed by atoms with Crippen LogP contribution >= 0.6 is 11.8 Å². The maximum absolute atomic E-state index is 11.1. The lowest BCUT2D eigenvalue weighted by molar-refractivity contribution is -0.114. The summed E-state index contributed by atoms with van der Waals surface area (Å²) < 4.78 is 7.66. The maximum atomic E-state index is 11.1. The minimum atomic E-state index is -0.0960. The van der Waals surface area contributed by atoms with Gasteiger partial charge in [0.2, 0.25) is 17.7 Å². The van der Waals surface area contributed by atoms with Crippen LogP contribution in [0.2, 0.25) is 0 Å². The number of nitrogens with zero attached hydrogens (tertiary/aromatic N) is 5. The first kappa shape index (κ1) is 19.1. The molecule has 0 unspecified atom stereocenters. The predicted octanol–water partition coefficient (Wildman–Crippen LogP) is 3.55. The van der Waals surface area contributed by atoms with E-state index in [2.05, 4.69) is 39.6 Å². The lowest BCUT2D eigenvalue weighted by Gasteiger charge is -2.07. The first-order chi connectivity index (χ1) is 13.1. The quantitative estimate of drug-likeness (QED) is 0.591. The van der Waals surface area contributed by atoms with Gasteiger partial charge in [0.05, 0.1) is 5.75 Å². The first-order valence-corrected chi connectivity index (χ1v) is 9.84. The van der Waals surface area contributed by atoms with Gasteiger partial charge >= 0.3 is 0 Å². The summed E-state index contributed by atoms with van der Waals surface area (Å²) in [6.45, 7) is 6.35. The highest BCUT2D eigenvalue weighted by molar-refractivity contribution is 7.98. The molecule has 0 aliphatic rings. The van der Waals surface area contributed by atoms with Crippen molar-refractivity contribution in [2.75, 3.05) is 5.32 Å². The number of hydrogen-bond donors (Lipinski definition) is 1. The fraction of sp³-hybridized carbons (Fsp3) is 0.389. The van der Waals surface area contributed by atoms with Crippen molar-refractivity contribution in [3.8, 4) is 11.4 Å². The zero-order valence-corrected chi connectivity index (χ0v) is 16.4. The molecule has 27 heavy (non-hydrogen) atoms. The van der Waals surface area contributed by atoms with Crippen molar-refractivity contribution in [2.24, 2.45) is 0 Å². The fourth-order valence-electron chi connectivity index (χ4n) is 2.59. The summed E-state index contributed by atoms with van der Waals surface area (Å²) >= 11 is 1.52. The topological polar surface area (TPSA) is 98.7 Å². The Morgan fingerprint density at radius 2 is 1.85 bits per heavy atom. The molecule has 142 valence electrons. The summed E-state index contributed by atoms with van der Waals surface area (Å²) in [6.07, 6.45) is 1.77. The van der Waals surface area contributed by atoms with Crippen molar-refractivity contribution in [1.82, 2.24) is 25.0 Å². The summed E-state index contributed by atoms with van der Waals surface area (Å²) in [5.74, 6) is 2.50. The van der Waals surface area contributed by atoms with Gasteiger partial charge in [-0.25, -0.2) is 0 Å². The van der Waals surface area contributed by atoms with Crippen molar-refractivity contribution in [2.45, 2.75) is 51.1 Å². The van der Waals surface area contributed by atoms with Crippen LogP contribution in [0, 0.1) is 0 Å². The number of nitrogens with one attached hydrogen (secondary N) is 1. The average molecular weight is 386 g/mol. The molecule has 1 N–H and O–H groups in total. The zero-order valence-electron chi connectivity index (χ0n) is 15.6. The normalized spacial score (nSPS) is 10.9. The summed E-state index contributed by atoms with van der Waals surface area (Å²) in [4.78, 5) is 11.1. The number of hydrogen-bond acceptors (Lipinski definition) is 7. The van der Waals surface area contributed by atoms with Crippen molar-refractivity contribution < 1.29 is 9.21 Å². The molecule has 9 heteroatoms. The second-order valence-corrected chi connectivity index (χ2v) is 6.88. The van der Waals surface area contributed by atoms with Crippen LogP contribution in [0.25, 0.3) is 11.4 Å². The molecular weight excluding hydrogens is 364 g/mol. The number of benzene rings is 1. The highest BCUT2D eigenvalue weighted by Gasteiger charge is 2.15. The van der Waals surface area contributed by atoms with Gasteiger partial charge in [-0.15, -0.1) is 20.4 Å². The SMILES string of the molecule is CCCc1nnc(CSc2nnc(-c3ccc(NC(C)=O)cc3)n2CC)o1. The molecule has 0 saturated carbocycles. The summed E-state index contributed by atoms with van der Waals surface area (Å²) in [5, 5.41) is 20.3. The Morgan fingerprint density at radius 1 is 1.11 bits per heavy atom. The Kier molecular flexibility index (Phi) is 6.23. The van der Waals surface area contributed by atoms with E-state index in [1.54, 1.807) is 0 Å². The van der Waals surface area contributed by atoms with Crippen LogP contribution in [0.1, 0.15) is 39.0 Å². The molecule has 3 rings (SSSR count). The standard InChI is InChI=1S/C18H22N6O2S/c1-4-6-15-20-21-16(26-15)11-27-18-23-22-17(24(18)5-2)13-7-9-14(10-8-13)19-12(3)25/h7-10H,4-6,11H2,1-3H3,(H,19,25). The molecule has 0 fully saturated rings. The van der Waals surface area contributed by atoms with Crippen LogP contribution in [-0.4, -0.2) is 30.9 Å². The van der Waals surface area contributed by atoms with E-state index in [0.717, 1.165) is 41.6 Å². The number of aromatic nitrogens is 5. The van der Waals surface area contributed by atoms with E-state index < -0.39 is 0 Å². The van der Waals surface area contributed by atoms with Crippen LogP contribution in [0.5, 0.6) is 0 Å². The van der Waals surface area contributed by atoms with Crippen molar-refractivity contribution in [3.63, 3.8) is 0 Å². The molecule has 0 aliphatic carbocycles.